The van der Waals surface area contributed by atoms with Crippen molar-refractivity contribution in [3.8, 4) is 11.5 Å². The predicted octanol–water partition coefficient (Wildman–Crippen LogP) is 1.46. The molecule has 2 heterocycles. The van der Waals surface area contributed by atoms with Crippen molar-refractivity contribution in [2.75, 3.05) is 27.3 Å². The van der Waals surface area contributed by atoms with Gasteiger partial charge in [0.05, 0.1) is 26.4 Å². The predicted molar refractivity (Wildman–Crippen MR) is 101 cm³/mol. The molecule has 3 rings (SSSR count). The summed E-state index contributed by atoms with van der Waals surface area (Å²) in [6.45, 7) is 1.86. The monoisotopic (exact) mass is 371 g/mol. The van der Waals surface area contributed by atoms with Crippen molar-refractivity contribution in [1.29, 1.82) is 0 Å². The molecule has 144 valence electrons. The molecule has 1 fully saturated rings. The third-order valence-corrected chi connectivity index (χ3v) is 4.76. The molecule has 7 heteroatoms. The molecule has 27 heavy (non-hydrogen) atoms. The van der Waals surface area contributed by atoms with Crippen molar-refractivity contribution < 1.29 is 19.4 Å². The Balaban J connectivity index is 1.60. The molecule has 0 aliphatic carbocycles. The number of amides is 1. The summed E-state index contributed by atoms with van der Waals surface area (Å²) in [5, 5.41) is 13.4. The van der Waals surface area contributed by atoms with E-state index in [1.165, 1.54) is 0 Å². The number of ether oxygens (including phenoxy) is 2. The van der Waals surface area contributed by atoms with Gasteiger partial charge in [-0.3, -0.25) is 14.7 Å². The first kappa shape index (κ1) is 19.1. The van der Waals surface area contributed by atoms with Crippen LogP contribution in [0.1, 0.15) is 22.5 Å². The lowest BCUT2D eigenvalue weighted by Gasteiger charge is -2.36. The normalized spacial score (nSPS) is 20.1. The van der Waals surface area contributed by atoms with Gasteiger partial charge in [-0.05, 0) is 24.6 Å². The van der Waals surface area contributed by atoms with Crippen LogP contribution in [0.2, 0.25) is 0 Å². The first-order valence-corrected chi connectivity index (χ1v) is 8.94. The quantitative estimate of drug-likeness (QED) is 0.800. The van der Waals surface area contributed by atoms with Crippen LogP contribution < -0.4 is 14.8 Å². The topological polar surface area (TPSA) is 83.9 Å². The van der Waals surface area contributed by atoms with Crippen LogP contribution in [0, 0.1) is 0 Å². The highest BCUT2D eigenvalue weighted by Gasteiger charge is 2.29. The number of aliphatic hydroxyl groups is 1. The van der Waals surface area contributed by atoms with Gasteiger partial charge in [-0.1, -0.05) is 18.2 Å². The maximum Gasteiger partial charge on any atom is 0.270 e. The summed E-state index contributed by atoms with van der Waals surface area (Å²) < 4.78 is 10.8. The number of likely N-dealkylation sites (tertiary alicyclic amines) is 1. The molecular formula is C20H25N3O4. The third-order valence-electron chi connectivity index (χ3n) is 4.76. The SMILES string of the molecule is COc1cccc(CN2CC[C@@H](NC(=O)c3ccccn3)[C@H](O)C2)c1OC. The molecule has 7 nitrogen and oxygen atoms in total. The number of carbonyl (C=O) groups is 1. The van der Waals surface area contributed by atoms with Gasteiger partial charge in [0.25, 0.3) is 5.91 Å². The molecule has 1 aromatic heterocycles. The molecule has 0 radical (unpaired) electrons. The second kappa shape index (κ2) is 8.83. The van der Waals surface area contributed by atoms with E-state index in [1.54, 1.807) is 38.6 Å². The fourth-order valence-electron chi connectivity index (χ4n) is 3.37. The summed E-state index contributed by atoms with van der Waals surface area (Å²) in [7, 11) is 3.23. The first-order chi connectivity index (χ1) is 13.1. The summed E-state index contributed by atoms with van der Waals surface area (Å²) in [4.78, 5) is 18.4. The van der Waals surface area contributed by atoms with Crippen molar-refractivity contribution in [2.45, 2.75) is 25.1 Å². The molecule has 0 unspecified atom stereocenters. The standard InChI is InChI=1S/C20H25N3O4/c1-26-18-8-5-6-14(19(18)27-2)12-23-11-9-15(17(24)13-23)22-20(25)16-7-3-4-10-21-16/h3-8,10,15,17,24H,9,11-13H2,1-2H3,(H,22,25)/t15-,17-/m1/s1. The second-order valence-corrected chi connectivity index (χ2v) is 6.54. The summed E-state index contributed by atoms with van der Waals surface area (Å²) in [5.74, 6) is 1.13. The van der Waals surface area contributed by atoms with Crippen molar-refractivity contribution in [3.63, 3.8) is 0 Å². The lowest BCUT2D eigenvalue weighted by molar-refractivity contribution is 0.0345. The summed E-state index contributed by atoms with van der Waals surface area (Å²) in [6, 6.07) is 10.7. The fraction of sp³-hybridized carbons (Fsp3) is 0.400. The molecule has 1 amide bonds. The Morgan fingerprint density at radius 3 is 2.78 bits per heavy atom. The smallest absolute Gasteiger partial charge is 0.270 e. The molecule has 0 bridgehead atoms. The van der Waals surface area contributed by atoms with Crippen LogP contribution in [0.25, 0.3) is 0 Å². The molecule has 1 aromatic carbocycles. The second-order valence-electron chi connectivity index (χ2n) is 6.54. The molecule has 2 N–H and O–H groups in total. The minimum Gasteiger partial charge on any atom is -0.493 e. The van der Waals surface area contributed by atoms with Crippen LogP contribution in [0.4, 0.5) is 0 Å². The number of pyridine rings is 1. The minimum absolute atomic E-state index is 0.262. The van der Waals surface area contributed by atoms with Crippen LogP contribution in [-0.2, 0) is 6.54 Å². The number of benzene rings is 1. The van der Waals surface area contributed by atoms with E-state index < -0.39 is 6.10 Å². The Bertz CT molecular complexity index is 769. The van der Waals surface area contributed by atoms with Crippen molar-refractivity contribution in [3.05, 3.63) is 53.9 Å². The van der Waals surface area contributed by atoms with Crippen LogP contribution in [0.15, 0.2) is 42.6 Å². The largest absolute Gasteiger partial charge is 0.493 e. The highest BCUT2D eigenvalue weighted by molar-refractivity contribution is 5.92. The van der Waals surface area contributed by atoms with E-state index in [4.69, 9.17) is 9.47 Å². The minimum atomic E-state index is -0.650. The zero-order valence-electron chi connectivity index (χ0n) is 15.6. The van der Waals surface area contributed by atoms with Crippen molar-refractivity contribution in [1.82, 2.24) is 15.2 Å². The summed E-state index contributed by atoms with van der Waals surface area (Å²) in [6.07, 6.45) is 1.59. The lowest BCUT2D eigenvalue weighted by Crippen LogP contribution is -2.53. The van der Waals surface area contributed by atoms with Crippen LogP contribution >= 0.6 is 0 Å². The van der Waals surface area contributed by atoms with E-state index in [1.807, 2.05) is 18.2 Å². The van der Waals surface area contributed by atoms with E-state index in [-0.39, 0.29) is 11.9 Å². The zero-order chi connectivity index (χ0) is 19.2. The van der Waals surface area contributed by atoms with Gasteiger partial charge < -0.3 is 19.9 Å². The highest BCUT2D eigenvalue weighted by Crippen LogP contribution is 2.32. The number of nitrogens with one attached hydrogen (secondary N) is 1. The number of aliphatic hydroxyl groups excluding tert-OH is 1. The summed E-state index contributed by atoms with van der Waals surface area (Å²) in [5.41, 5.74) is 1.35. The molecule has 0 spiro atoms. The van der Waals surface area contributed by atoms with Gasteiger partial charge in [0, 0.05) is 31.4 Å². The number of hydrogen-bond acceptors (Lipinski definition) is 6. The average Bonchev–Trinajstić information content (AvgIpc) is 2.70. The third kappa shape index (κ3) is 4.56. The Labute approximate surface area is 158 Å². The highest BCUT2D eigenvalue weighted by atomic mass is 16.5. The number of hydrogen-bond donors (Lipinski definition) is 2. The van der Waals surface area contributed by atoms with Gasteiger partial charge in [0.1, 0.15) is 5.69 Å². The molecule has 1 aliphatic rings. The number of carbonyl (C=O) groups excluding carboxylic acids is 1. The number of aromatic nitrogens is 1. The number of β-amino-alcohol motifs (C(OH)–C–C–N with tert-alkyl or cyclic N) is 1. The van der Waals surface area contributed by atoms with Gasteiger partial charge in [0.2, 0.25) is 0 Å². The van der Waals surface area contributed by atoms with Crippen molar-refractivity contribution in [2.24, 2.45) is 0 Å². The lowest BCUT2D eigenvalue weighted by atomic mass is 10.0. The number of piperidine rings is 1. The number of methoxy groups -OCH3 is 2. The van der Waals surface area contributed by atoms with E-state index in [0.29, 0.717) is 36.7 Å². The Kier molecular flexibility index (Phi) is 6.26. The van der Waals surface area contributed by atoms with Crippen molar-refractivity contribution >= 4 is 5.91 Å². The fourth-order valence-corrected chi connectivity index (χ4v) is 3.37. The Morgan fingerprint density at radius 2 is 2.11 bits per heavy atom. The van der Waals surface area contributed by atoms with Gasteiger partial charge >= 0.3 is 0 Å². The number of para-hydroxylation sites is 1. The number of nitrogens with zero attached hydrogens (tertiary/aromatic N) is 2. The molecule has 2 aromatic rings. The first-order valence-electron chi connectivity index (χ1n) is 8.94. The molecule has 2 atom stereocenters. The summed E-state index contributed by atoms with van der Waals surface area (Å²) >= 11 is 0. The van der Waals surface area contributed by atoms with E-state index in [9.17, 15) is 9.90 Å². The van der Waals surface area contributed by atoms with Gasteiger partial charge in [-0.15, -0.1) is 0 Å². The Hall–Kier alpha value is -2.64. The molecule has 1 aliphatic heterocycles. The molecule has 1 saturated heterocycles. The Morgan fingerprint density at radius 1 is 1.26 bits per heavy atom. The van der Waals surface area contributed by atoms with E-state index in [2.05, 4.69) is 15.2 Å². The van der Waals surface area contributed by atoms with Crippen LogP contribution in [0.3, 0.4) is 0 Å². The maximum absolute atomic E-state index is 12.3. The van der Waals surface area contributed by atoms with Crippen LogP contribution in [-0.4, -0.2) is 60.4 Å². The van der Waals surface area contributed by atoms with Gasteiger partial charge in [0.15, 0.2) is 11.5 Å². The van der Waals surface area contributed by atoms with Gasteiger partial charge in [-0.2, -0.15) is 0 Å². The van der Waals surface area contributed by atoms with Gasteiger partial charge in [-0.25, -0.2) is 0 Å². The maximum atomic E-state index is 12.3. The molecule has 0 saturated carbocycles. The average molecular weight is 371 g/mol. The zero-order valence-corrected chi connectivity index (χ0v) is 15.6. The number of rotatable bonds is 6. The van der Waals surface area contributed by atoms with Crippen LogP contribution in [0.5, 0.6) is 11.5 Å². The molecular weight excluding hydrogens is 346 g/mol. The van der Waals surface area contributed by atoms with E-state index >= 15 is 0 Å². The van der Waals surface area contributed by atoms with E-state index in [0.717, 1.165) is 12.1 Å².